The normalized spacial score (nSPS) is 11.1. The number of hydrogen-bond acceptors (Lipinski definition) is 3. The van der Waals surface area contributed by atoms with E-state index >= 15 is 0 Å². The van der Waals surface area contributed by atoms with Crippen molar-refractivity contribution in [2.24, 2.45) is 0 Å². The van der Waals surface area contributed by atoms with Gasteiger partial charge in [-0.1, -0.05) is 18.2 Å². The molecule has 0 aliphatic rings. The van der Waals surface area contributed by atoms with Crippen molar-refractivity contribution in [3.8, 4) is 0 Å². The molecule has 0 spiro atoms. The molecule has 3 nitrogen and oxygen atoms in total. The smallest absolute Gasteiger partial charge is 0.236 e. The van der Waals surface area contributed by atoms with Crippen LogP contribution >= 0.6 is 23.1 Å². The average Bonchev–Trinajstić information content (AvgIpc) is 2.15. The summed E-state index contributed by atoms with van der Waals surface area (Å²) in [5, 5.41) is 0.912. The summed E-state index contributed by atoms with van der Waals surface area (Å²) in [6.45, 7) is 0. The molecule has 6 heteroatoms. The van der Waals surface area contributed by atoms with Gasteiger partial charge in [0.25, 0.3) is 0 Å². The Bertz CT molecular complexity index is 599. The minimum absolute atomic E-state index is 0. The molecule has 0 aliphatic heterocycles. The summed E-state index contributed by atoms with van der Waals surface area (Å²) >= 11 is 0. The lowest BCUT2D eigenvalue weighted by Gasteiger charge is -2.00. The van der Waals surface area contributed by atoms with Gasteiger partial charge in [-0.25, -0.2) is 8.42 Å². The molecule has 0 unspecified atom stereocenters. The summed E-state index contributed by atoms with van der Waals surface area (Å²) in [5.41, 5.74) is 1.44. The molecule has 0 N–H and O–H groups in total. The fourth-order valence-electron chi connectivity index (χ4n) is 1.39. The first kappa shape index (κ1) is 13.2. The standard InChI is InChI=1S/C10H8ClNO2S.ClH/c11-15(13,14)7-8-5-9-3-1-2-4-10(9)12-6-8;/h1-6H,7H2;1H. The van der Waals surface area contributed by atoms with Gasteiger partial charge in [0, 0.05) is 22.3 Å². The van der Waals surface area contributed by atoms with E-state index in [1.54, 1.807) is 6.07 Å². The molecule has 2 aromatic rings. The zero-order chi connectivity index (χ0) is 10.9. The molecule has 1 aromatic carbocycles. The van der Waals surface area contributed by atoms with Crippen molar-refractivity contribution >= 4 is 43.0 Å². The van der Waals surface area contributed by atoms with Gasteiger partial charge in [0.2, 0.25) is 9.05 Å². The van der Waals surface area contributed by atoms with Gasteiger partial charge in [-0.05, 0) is 17.7 Å². The molecule has 1 heterocycles. The highest BCUT2D eigenvalue weighted by Gasteiger charge is 2.07. The number of aromatic nitrogens is 1. The van der Waals surface area contributed by atoms with Gasteiger partial charge >= 0.3 is 0 Å². The molecular weight excluding hydrogens is 269 g/mol. The maximum Gasteiger partial charge on any atom is 0.236 e. The third-order valence-electron chi connectivity index (χ3n) is 1.99. The van der Waals surface area contributed by atoms with Gasteiger partial charge in [-0.15, -0.1) is 12.4 Å². The van der Waals surface area contributed by atoms with E-state index in [0.717, 1.165) is 10.9 Å². The van der Waals surface area contributed by atoms with Crippen LogP contribution in [-0.2, 0) is 14.8 Å². The number of rotatable bonds is 2. The maximum atomic E-state index is 10.9. The van der Waals surface area contributed by atoms with Crippen LogP contribution in [-0.4, -0.2) is 13.4 Å². The Morgan fingerprint density at radius 3 is 2.62 bits per heavy atom. The Balaban J connectivity index is 0.00000128. The van der Waals surface area contributed by atoms with E-state index in [9.17, 15) is 8.42 Å². The quantitative estimate of drug-likeness (QED) is 0.793. The summed E-state index contributed by atoms with van der Waals surface area (Å²) in [6.07, 6.45) is 1.53. The molecule has 16 heavy (non-hydrogen) atoms. The van der Waals surface area contributed by atoms with Gasteiger partial charge in [0.1, 0.15) is 0 Å². The lowest BCUT2D eigenvalue weighted by atomic mass is 10.2. The second-order valence-corrected chi connectivity index (χ2v) is 6.00. The van der Waals surface area contributed by atoms with Crippen LogP contribution in [0.25, 0.3) is 10.9 Å². The average molecular weight is 278 g/mol. The molecule has 0 saturated heterocycles. The fraction of sp³-hybridized carbons (Fsp3) is 0.100. The van der Waals surface area contributed by atoms with Crippen molar-refractivity contribution in [3.63, 3.8) is 0 Å². The number of nitrogens with zero attached hydrogens (tertiary/aromatic N) is 1. The van der Waals surface area contributed by atoms with Gasteiger partial charge in [-0.3, -0.25) is 4.98 Å². The van der Waals surface area contributed by atoms with E-state index in [4.69, 9.17) is 10.7 Å². The lowest BCUT2D eigenvalue weighted by Crippen LogP contribution is -1.95. The summed E-state index contributed by atoms with van der Waals surface area (Å²) in [6, 6.07) is 9.29. The maximum absolute atomic E-state index is 10.9. The topological polar surface area (TPSA) is 47.0 Å². The predicted octanol–water partition coefficient (Wildman–Crippen LogP) is 2.73. The zero-order valence-electron chi connectivity index (χ0n) is 8.13. The van der Waals surface area contributed by atoms with E-state index in [1.807, 2.05) is 24.3 Å². The Morgan fingerprint density at radius 2 is 1.94 bits per heavy atom. The van der Waals surface area contributed by atoms with E-state index in [2.05, 4.69) is 4.98 Å². The first-order valence-corrected chi connectivity index (χ1v) is 6.78. The largest absolute Gasteiger partial charge is 0.256 e. The highest BCUT2D eigenvalue weighted by molar-refractivity contribution is 8.13. The summed E-state index contributed by atoms with van der Waals surface area (Å²) in [5.74, 6) is -0.188. The number of pyridine rings is 1. The van der Waals surface area contributed by atoms with E-state index in [0.29, 0.717) is 5.56 Å². The van der Waals surface area contributed by atoms with E-state index in [1.165, 1.54) is 6.20 Å². The van der Waals surface area contributed by atoms with E-state index in [-0.39, 0.29) is 18.2 Å². The van der Waals surface area contributed by atoms with Gasteiger partial charge in [-0.2, -0.15) is 0 Å². The Kier molecular flexibility index (Phi) is 4.13. The minimum Gasteiger partial charge on any atom is -0.256 e. The zero-order valence-corrected chi connectivity index (χ0v) is 10.5. The van der Waals surface area contributed by atoms with Crippen molar-refractivity contribution in [2.75, 3.05) is 0 Å². The van der Waals surface area contributed by atoms with Crippen LogP contribution in [0.15, 0.2) is 36.5 Å². The van der Waals surface area contributed by atoms with Crippen LogP contribution in [0.2, 0.25) is 0 Å². The predicted molar refractivity (Wildman–Crippen MR) is 67.5 cm³/mol. The SMILES string of the molecule is Cl.O=S(=O)(Cl)Cc1cnc2ccccc2c1. The van der Waals surface area contributed by atoms with Crippen LogP contribution in [0.5, 0.6) is 0 Å². The summed E-state index contributed by atoms with van der Waals surface area (Å²) < 4.78 is 21.7. The molecule has 0 bridgehead atoms. The second-order valence-electron chi connectivity index (χ2n) is 3.22. The summed E-state index contributed by atoms with van der Waals surface area (Å²) in [4.78, 5) is 4.14. The fourth-order valence-corrected chi connectivity index (χ4v) is 2.33. The number of benzene rings is 1. The third kappa shape index (κ3) is 3.33. The van der Waals surface area contributed by atoms with Gasteiger partial charge in [0.05, 0.1) is 11.3 Å². The highest BCUT2D eigenvalue weighted by Crippen LogP contribution is 2.15. The number of fused-ring (bicyclic) bond motifs is 1. The summed E-state index contributed by atoms with van der Waals surface area (Å²) in [7, 11) is 1.65. The van der Waals surface area contributed by atoms with Crippen molar-refractivity contribution in [3.05, 3.63) is 42.1 Å². The lowest BCUT2D eigenvalue weighted by molar-refractivity contribution is 0.609. The van der Waals surface area contributed by atoms with Crippen LogP contribution in [0.4, 0.5) is 0 Å². The number of hydrogen-bond donors (Lipinski definition) is 0. The Labute approximate surface area is 104 Å². The molecular formula is C10H9Cl2NO2S. The van der Waals surface area contributed by atoms with Crippen molar-refractivity contribution in [2.45, 2.75) is 5.75 Å². The molecule has 0 saturated carbocycles. The molecule has 1 aromatic heterocycles. The number of halogens is 2. The molecule has 0 amide bonds. The highest BCUT2D eigenvalue weighted by atomic mass is 35.7. The monoisotopic (exact) mass is 277 g/mol. The van der Waals surface area contributed by atoms with Gasteiger partial charge < -0.3 is 0 Å². The Morgan fingerprint density at radius 1 is 1.25 bits per heavy atom. The third-order valence-corrected chi connectivity index (χ3v) is 2.99. The Hall–Kier alpha value is -0.840. The van der Waals surface area contributed by atoms with Crippen LogP contribution in [0.3, 0.4) is 0 Å². The molecule has 0 aliphatic carbocycles. The van der Waals surface area contributed by atoms with Crippen LogP contribution < -0.4 is 0 Å². The number of para-hydroxylation sites is 1. The molecule has 86 valence electrons. The molecule has 0 fully saturated rings. The minimum atomic E-state index is -3.51. The first-order valence-electron chi connectivity index (χ1n) is 4.31. The van der Waals surface area contributed by atoms with Crippen molar-refractivity contribution < 1.29 is 8.42 Å². The van der Waals surface area contributed by atoms with Crippen molar-refractivity contribution in [1.82, 2.24) is 4.98 Å². The first-order chi connectivity index (χ1) is 7.04. The molecule has 0 atom stereocenters. The van der Waals surface area contributed by atoms with Gasteiger partial charge in [0.15, 0.2) is 0 Å². The molecule has 0 radical (unpaired) electrons. The van der Waals surface area contributed by atoms with E-state index < -0.39 is 9.05 Å². The second kappa shape index (κ2) is 4.99. The molecule has 2 rings (SSSR count). The van der Waals surface area contributed by atoms with Crippen LogP contribution in [0.1, 0.15) is 5.56 Å². The van der Waals surface area contributed by atoms with Crippen LogP contribution in [0, 0.1) is 0 Å². The van der Waals surface area contributed by atoms with Crippen molar-refractivity contribution in [1.29, 1.82) is 0 Å².